The number of hydrogen-bond acceptors (Lipinski definition) is 3. The number of carbonyl (C=O) groups is 1. The summed E-state index contributed by atoms with van der Waals surface area (Å²) in [6.45, 7) is 0. The summed E-state index contributed by atoms with van der Waals surface area (Å²) >= 11 is 1.40. The van der Waals surface area contributed by atoms with Crippen LogP contribution in [0.25, 0.3) is 11.6 Å². The van der Waals surface area contributed by atoms with Crippen LogP contribution >= 0.6 is 11.3 Å². The van der Waals surface area contributed by atoms with Crippen LogP contribution in [0.1, 0.15) is 10.6 Å². The summed E-state index contributed by atoms with van der Waals surface area (Å²) in [6.07, 6.45) is 3.22. The molecule has 0 amide bonds. The Morgan fingerprint density at radius 3 is 2.75 bits per heavy atom. The van der Waals surface area contributed by atoms with Crippen molar-refractivity contribution in [3.05, 3.63) is 52.5 Å². The Labute approximate surface area is 96.7 Å². The van der Waals surface area contributed by atoms with E-state index in [0.717, 1.165) is 4.88 Å². The molecule has 16 heavy (non-hydrogen) atoms. The van der Waals surface area contributed by atoms with Crippen molar-refractivity contribution < 1.29 is 9.90 Å². The Morgan fingerprint density at radius 2 is 2.19 bits per heavy atom. The first-order valence-corrected chi connectivity index (χ1v) is 5.55. The van der Waals surface area contributed by atoms with Crippen LogP contribution in [0.4, 0.5) is 0 Å². The molecule has 0 unspecified atom stereocenters. The maximum atomic E-state index is 11.1. The minimum absolute atomic E-state index is 0.272. The molecule has 0 fully saturated rings. The largest absolute Gasteiger partial charge is 0.478 e. The van der Waals surface area contributed by atoms with Gasteiger partial charge in [0.1, 0.15) is 0 Å². The van der Waals surface area contributed by atoms with Crippen LogP contribution in [0, 0.1) is 0 Å². The van der Waals surface area contributed by atoms with Gasteiger partial charge >= 0.3 is 5.97 Å². The lowest BCUT2D eigenvalue weighted by Crippen LogP contribution is -1.97. The van der Waals surface area contributed by atoms with Crippen LogP contribution in [0.5, 0.6) is 0 Å². The first-order chi connectivity index (χ1) is 7.77. The molecule has 0 aliphatic heterocycles. The highest BCUT2D eigenvalue weighted by atomic mass is 32.1. The number of pyridine rings is 1. The Balaban J connectivity index is 2.42. The van der Waals surface area contributed by atoms with Gasteiger partial charge in [0.25, 0.3) is 0 Å². The lowest BCUT2D eigenvalue weighted by atomic mass is 10.2. The highest BCUT2D eigenvalue weighted by Gasteiger charge is 2.11. The second-order valence-electron chi connectivity index (χ2n) is 3.10. The molecule has 0 aliphatic carbocycles. The monoisotopic (exact) mass is 231 g/mol. The molecule has 0 atom stereocenters. The van der Waals surface area contributed by atoms with Gasteiger partial charge in [-0.05, 0) is 29.7 Å². The second-order valence-corrected chi connectivity index (χ2v) is 4.04. The number of aliphatic carboxylic acids is 1. The van der Waals surface area contributed by atoms with E-state index in [9.17, 15) is 4.79 Å². The molecule has 4 heteroatoms. The Bertz CT molecular complexity index is 503. The van der Waals surface area contributed by atoms with E-state index in [1.54, 1.807) is 30.5 Å². The molecular weight excluding hydrogens is 222 g/mol. The highest BCUT2D eigenvalue weighted by Crippen LogP contribution is 2.22. The third kappa shape index (κ3) is 2.35. The number of hydrogen-bond donors (Lipinski definition) is 1. The van der Waals surface area contributed by atoms with Crippen molar-refractivity contribution >= 4 is 29.0 Å². The number of carboxylic acids is 1. The fraction of sp³-hybridized carbons (Fsp3) is 0. The minimum atomic E-state index is -0.937. The van der Waals surface area contributed by atoms with Crippen molar-refractivity contribution in [2.24, 2.45) is 0 Å². The fourth-order valence-electron chi connectivity index (χ4n) is 1.28. The second kappa shape index (κ2) is 4.72. The molecule has 3 nitrogen and oxygen atoms in total. The van der Waals surface area contributed by atoms with Crippen molar-refractivity contribution in [3.63, 3.8) is 0 Å². The molecule has 0 aromatic carbocycles. The Kier molecular flexibility index (Phi) is 3.12. The average molecular weight is 231 g/mol. The zero-order valence-electron chi connectivity index (χ0n) is 8.33. The molecule has 1 N–H and O–H groups in total. The normalized spacial score (nSPS) is 11.4. The summed E-state index contributed by atoms with van der Waals surface area (Å²) in [5.74, 6) is -0.937. The lowest BCUT2D eigenvalue weighted by Gasteiger charge is -1.98. The van der Waals surface area contributed by atoms with Gasteiger partial charge in [-0.15, -0.1) is 11.3 Å². The summed E-state index contributed by atoms with van der Waals surface area (Å²) in [5, 5.41) is 11.0. The molecular formula is C12H9NO2S. The molecule has 2 heterocycles. The average Bonchev–Trinajstić information content (AvgIpc) is 2.80. The summed E-state index contributed by atoms with van der Waals surface area (Å²) in [7, 11) is 0. The van der Waals surface area contributed by atoms with E-state index in [1.807, 2.05) is 17.5 Å². The topological polar surface area (TPSA) is 50.2 Å². The van der Waals surface area contributed by atoms with Crippen LogP contribution in [-0.2, 0) is 4.79 Å². The number of rotatable bonds is 3. The van der Waals surface area contributed by atoms with E-state index >= 15 is 0 Å². The first-order valence-electron chi connectivity index (χ1n) is 4.67. The van der Waals surface area contributed by atoms with Crippen molar-refractivity contribution in [1.82, 2.24) is 4.98 Å². The van der Waals surface area contributed by atoms with Gasteiger partial charge in [0, 0.05) is 11.1 Å². The van der Waals surface area contributed by atoms with Crippen LogP contribution in [0.3, 0.4) is 0 Å². The lowest BCUT2D eigenvalue weighted by molar-refractivity contribution is -0.130. The molecule has 80 valence electrons. The first kappa shape index (κ1) is 10.6. The zero-order chi connectivity index (χ0) is 11.4. The van der Waals surface area contributed by atoms with Gasteiger partial charge in [0.05, 0.1) is 11.3 Å². The number of thiophene rings is 1. The molecule has 0 spiro atoms. The van der Waals surface area contributed by atoms with E-state index in [1.165, 1.54) is 11.3 Å². The third-order valence-corrected chi connectivity index (χ3v) is 2.90. The minimum Gasteiger partial charge on any atom is -0.478 e. The maximum Gasteiger partial charge on any atom is 0.337 e. The summed E-state index contributed by atoms with van der Waals surface area (Å²) in [6, 6.07) is 9.01. The van der Waals surface area contributed by atoms with E-state index in [2.05, 4.69) is 4.98 Å². The van der Waals surface area contributed by atoms with E-state index in [0.29, 0.717) is 5.69 Å². The number of carboxylic acid groups (broad SMARTS) is 1. The summed E-state index contributed by atoms with van der Waals surface area (Å²) in [4.78, 5) is 15.9. The standard InChI is InChI=1S/C12H9NO2S/c14-12(15)10(11-5-3-7-16-11)8-9-4-1-2-6-13-9/h1-8H,(H,14,15)/b10-8-. The predicted octanol–water partition coefficient (Wildman–Crippen LogP) is 2.77. The Hall–Kier alpha value is -1.94. The van der Waals surface area contributed by atoms with Gasteiger partial charge in [-0.25, -0.2) is 4.79 Å². The Morgan fingerprint density at radius 1 is 1.31 bits per heavy atom. The quantitative estimate of drug-likeness (QED) is 0.826. The molecule has 0 aliphatic rings. The third-order valence-electron chi connectivity index (χ3n) is 2.00. The van der Waals surface area contributed by atoms with Gasteiger partial charge in [-0.2, -0.15) is 0 Å². The van der Waals surface area contributed by atoms with E-state index in [4.69, 9.17) is 5.11 Å². The van der Waals surface area contributed by atoms with Gasteiger partial charge in [-0.3, -0.25) is 4.98 Å². The van der Waals surface area contributed by atoms with Crippen LogP contribution < -0.4 is 0 Å². The van der Waals surface area contributed by atoms with Crippen LogP contribution in [-0.4, -0.2) is 16.1 Å². The number of nitrogens with zero attached hydrogens (tertiary/aromatic N) is 1. The predicted molar refractivity (Wildman–Crippen MR) is 64.1 cm³/mol. The van der Waals surface area contributed by atoms with Gasteiger partial charge in [0.15, 0.2) is 0 Å². The summed E-state index contributed by atoms with van der Waals surface area (Å²) < 4.78 is 0. The smallest absolute Gasteiger partial charge is 0.337 e. The summed E-state index contributed by atoms with van der Waals surface area (Å²) in [5.41, 5.74) is 0.919. The molecule has 0 radical (unpaired) electrons. The van der Waals surface area contributed by atoms with Gasteiger partial charge < -0.3 is 5.11 Å². The molecule has 0 saturated carbocycles. The van der Waals surface area contributed by atoms with Gasteiger partial charge in [-0.1, -0.05) is 12.1 Å². The van der Waals surface area contributed by atoms with Crippen molar-refractivity contribution in [2.75, 3.05) is 0 Å². The van der Waals surface area contributed by atoms with Crippen LogP contribution in [0.2, 0.25) is 0 Å². The van der Waals surface area contributed by atoms with Gasteiger partial charge in [0.2, 0.25) is 0 Å². The highest BCUT2D eigenvalue weighted by molar-refractivity contribution is 7.11. The molecule has 0 bridgehead atoms. The number of aromatic nitrogens is 1. The van der Waals surface area contributed by atoms with E-state index in [-0.39, 0.29) is 5.57 Å². The molecule has 2 aromatic rings. The van der Waals surface area contributed by atoms with Crippen molar-refractivity contribution in [3.8, 4) is 0 Å². The van der Waals surface area contributed by atoms with Crippen molar-refractivity contribution in [2.45, 2.75) is 0 Å². The maximum absolute atomic E-state index is 11.1. The molecule has 0 saturated heterocycles. The molecule has 2 rings (SSSR count). The molecule has 2 aromatic heterocycles. The SMILES string of the molecule is O=C(O)/C(=C\c1ccccn1)c1cccs1. The van der Waals surface area contributed by atoms with Crippen molar-refractivity contribution in [1.29, 1.82) is 0 Å². The fourth-order valence-corrected chi connectivity index (χ4v) is 2.01. The van der Waals surface area contributed by atoms with E-state index < -0.39 is 5.97 Å². The zero-order valence-corrected chi connectivity index (χ0v) is 9.15. The van der Waals surface area contributed by atoms with Crippen LogP contribution in [0.15, 0.2) is 41.9 Å².